The molecule has 0 saturated heterocycles. The molecule has 0 amide bonds. The standard InChI is InChI=1S/C11H20O4S/c1-2-3-8-15-11(12)9-16(13,14)10-6-4-5-7-10/h10H,2-9H2,1H3. The highest BCUT2D eigenvalue weighted by Crippen LogP contribution is 2.25. The highest BCUT2D eigenvalue weighted by atomic mass is 32.2. The number of esters is 1. The Morgan fingerprint density at radius 3 is 2.50 bits per heavy atom. The molecule has 0 atom stereocenters. The molecule has 1 rings (SSSR count). The Balaban J connectivity index is 2.36. The summed E-state index contributed by atoms with van der Waals surface area (Å²) >= 11 is 0. The lowest BCUT2D eigenvalue weighted by molar-refractivity contribution is -0.140. The minimum atomic E-state index is -3.27. The molecular formula is C11H20O4S. The molecule has 0 aliphatic heterocycles. The van der Waals surface area contributed by atoms with Crippen LogP contribution in [0.25, 0.3) is 0 Å². The lowest BCUT2D eigenvalue weighted by Gasteiger charge is -2.10. The first-order valence-corrected chi connectivity index (χ1v) is 7.65. The maximum absolute atomic E-state index is 11.8. The summed E-state index contributed by atoms with van der Waals surface area (Å²) in [6, 6.07) is 0. The van der Waals surface area contributed by atoms with E-state index in [0.717, 1.165) is 25.7 Å². The molecule has 0 N–H and O–H groups in total. The Kier molecular flexibility index (Phi) is 5.25. The van der Waals surface area contributed by atoms with E-state index in [4.69, 9.17) is 4.74 Å². The molecule has 0 heterocycles. The van der Waals surface area contributed by atoms with Crippen LogP contribution in [0.15, 0.2) is 0 Å². The summed E-state index contributed by atoms with van der Waals surface area (Å²) < 4.78 is 28.4. The zero-order valence-electron chi connectivity index (χ0n) is 9.78. The maximum atomic E-state index is 11.8. The Morgan fingerprint density at radius 1 is 1.31 bits per heavy atom. The number of unbranched alkanes of at least 4 members (excludes halogenated alkanes) is 1. The lowest BCUT2D eigenvalue weighted by Crippen LogP contribution is -2.27. The van der Waals surface area contributed by atoms with Gasteiger partial charge in [-0.05, 0) is 19.3 Å². The summed E-state index contributed by atoms with van der Waals surface area (Å²) in [4.78, 5) is 11.3. The Bertz CT molecular complexity index is 315. The van der Waals surface area contributed by atoms with E-state index >= 15 is 0 Å². The van der Waals surface area contributed by atoms with E-state index in [1.807, 2.05) is 6.92 Å². The van der Waals surface area contributed by atoms with E-state index in [0.29, 0.717) is 19.4 Å². The SMILES string of the molecule is CCCCOC(=O)CS(=O)(=O)C1CCCC1. The van der Waals surface area contributed by atoms with Crippen molar-refractivity contribution in [3.8, 4) is 0 Å². The molecule has 4 nitrogen and oxygen atoms in total. The fourth-order valence-corrected chi connectivity index (χ4v) is 3.60. The van der Waals surface area contributed by atoms with E-state index in [1.165, 1.54) is 0 Å². The molecule has 0 aromatic rings. The fourth-order valence-electron chi connectivity index (χ4n) is 1.90. The van der Waals surface area contributed by atoms with Crippen molar-refractivity contribution in [3.63, 3.8) is 0 Å². The first-order valence-electron chi connectivity index (χ1n) is 5.93. The molecule has 0 aromatic heterocycles. The molecule has 16 heavy (non-hydrogen) atoms. The van der Waals surface area contributed by atoms with Gasteiger partial charge in [0.1, 0.15) is 5.75 Å². The first-order chi connectivity index (χ1) is 7.56. The summed E-state index contributed by atoms with van der Waals surface area (Å²) in [5.41, 5.74) is 0. The third-order valence-electron chi connectivity index (χ3n) is 2.89. The van der Waals surface area contributed by atoms with Crippen LogP contribution < -0.4 is 0 Å². The van der Waals surface area contributed by atoms with Gasteiger partial charge in [0, 0.05) is 0 Å². The van der Waals surface area contributed by atoms with Crippen LogP contribution in [0.1, 0.15) is 45.4 Å². The number of carbonyl (C=O) groups excluding carboxylic acids is 1. The van der Waals surface area contributed by atoms with Crippen LogP contribution in [0.4, 0.5) is 0 Å². The quantitative estimate of drug-likeness (QED) is 0.530. The lowest BCUT2D eigenvalue weighted by atomic mass is 10.4. The molecule has 1 saturated carbocycles. The van der Waals surface area contributed by atoms with Crippen molar-refractivity contribution in [3.05, 3.63) is 0 Å². The van der Waals surface area contributed by atoms with Crippen LogP contribution >= 0.6 is 0 Å². The molecular weight excluding hydrogens is 228 g/mol. The van der Waals surface area contributed by atoms with E-state index in [1.54, 1.807) is 0 Å². The van der Waals surface area contributed by atoms with Gasteiger partial charge in [0.05, 0.1) is 11.9 Å². The van der Waals surface area contributed by atoms with E-state index in [2.05, 4.69) is 0 Å². The van der Waals surface area contributed by atoms with Crippen molar-refractivity contribution in [2.45, 2.75) is 50.7 Å². The molecule has 0 radical (unpaired) electrons. The summed E-state index contributed by atoms with van der Waals surface area (Å²) in [6.45, 7) is 2.32. The first kappa shape index (κ1) is 13.5. The Labute approximate surface area is 97.3 Å². The summed E-state index contributed by atoms with van der Waals surface area (Å²) in [6.07, 6.45) is 5.02. The molecule has 1 aliphatic rings. The Hall–Kier alpha value is -0.580. The number of carbonyl (C=O) groups is 1. The predicted molar refractivity (Wildman–Crippen MR) is 61.9 cm³/mol. The minimum Gasteiger partial charge on any atom is -0.465 e. The van der Waals surface area contributed by atoms with Gasteiger partial charge in [0.15, 0.2) is 9.84 Å². The third-order valence-corrected chi connectivity index (χ3v) is 5.02. The summed E-state index contributed by atoms with van der Waals surface area (Å²) in [7, 11) is -3.27. The van der Waals surface area contributed by atoms with Gasteiger partial charge in [-0.3, -0.25) is 4.79 Å². The predicted octanol–water partition coefficient (Wildman–Crippen LogP) is 1.69. The van der Waals surface area contributed by atoms with Gasteiger partial charge in [0.2, 0.25) is 0 Å². The second-order valence-corrected chi connectivity index (χ2v) is 6.57. The van der Waals surface area contributed by atoms with Crippen LogP contribution in [-0.4, -0.2) is 32.0 Å². The van der Waals surface area contributed by atoms with Gasteiger partial charge in [0.25, 0.3) is 0 Å². The van der Waals surface area contributed by atoms with Gasteiger partial charge in [-0.15, -0.1) is 0 Å². The van der Waals surface area contributed by atoms with Crippen LogP contribution in [0.5, 0.6) is 0 Å². The van der Waals surface area contributed by atoms with E-state index in [-0.39, 0.29) is 5.25 Å². The second kappa shape index (κ2) is 6.23. The molecule has 94 valence electrons. The van der Waals surface area contributed by atoms with Crippen LogP contribution in [-0.2, 0) is 19.4 Å². The molecule has 0 bridgehead atoms. The van der Waals surface area contributed by atoms with E-state index < -0.39 is 21.6 Å². The van der Waals surface area contributed by atoms with Crippen molar-refractivity contribution in [1.82, 2.24) is 0 Å². The van der Waals surface area contributed by atoms with Crippen molar-refractivity contribution < 1.29 is 17.9 Å². The fraction of sp³-hybridized carbons (Fsp3) is 0.909. The molecule has 0 spiro atoms. The van der Waals surface area contributed by atoms with Crippen LogP contribution in [0, 0.1) is 0 Å². The normalized spacial score (nSPS) is 17.6. The van der Waals surface area contributed by atoms with Gasteiger partial charge < -0.3 is 4.74 Å². The molecule has 1 aliphatic carbocycles. The average molecular weight is 248 g/mol. The third kappa shape index (κ3) is 4.12. The number of sulfone groups is 1. The monoisotopic (exact) mass is 248 g/mol. The second-order valence-electron chi connectivity index (χ2n) is 4.29. The molecule has 5 heteroatoms. The topological polar surface area (TPSA) is 60.4 Å². The zero-order chi connectivity index (χ0) is 12.0. The number of hydrogen-bond acceptors (Lipinski definition) is 4. The highest BCUT2D eigenvalue weighted by Gasteiger charge is 2.31. The van der Waals surface area contributed by atoms with Crippen LogP contribution in [0.2, 0.25) is 0 Å². The zero-order valence-corrected chi connectivity index (χ0v) is 10.6. The molecule has 0 aromatic carbocycles. The van der Waals surface area contributed by atoms with E-state index in [9.17, 15) is 13.2 Å². The van der Waals surface area contributed by atoms with Gasteiger partial charge in [-0.2, -0.15) is 0 Å². The van der Waals surface area contributed by atoms with Gasteiger partial charge in [-0.25, -0.2) is 8.42 Å². The molecule has 0 unspecified atom stereocenters. The smallest absolute Gasteiger partial charge is 0.321 e. The van der Waals surface area contributed by atoms with Gasteiger partial charge >= 0.3 is 5.97 Å². The highest BCUT2D eigenvalue weighted by molar-refractivity contribution is 7.92. The number of hydrogen-bond donors (Lipinski definition) is 0. The summed E-state index contributed by atoms with van der Waals surface area (Å²) in [5.74, 6) is -1.04. The molecule has 1 fully saturated rings. The largest absolute Gasteiger partial charge is 0.465 e. The number of ether oxygens (including phenoxy) is 1. The van der Waals surface area contributed by atoms with Gasteiger partial charge in [-0.1, -0.05) is 26.2 Å². The van der Waals surface area contributed by atoms with Crippen molar-refractivity contribution in [2.24, 2.45) is 0 Å². The van der Waals surface area contributed by atoms with Crippen LogP contribution in [0.3, 0.4) is 0 Å². The Morgan fingerprint density at radius 2 is 1.94 bits per heavy atom. The van der Waals surface area contributed by atoms with Crippen molar-refractivity contribution >= 4 is 15.8 Å². The average Bonchev–Trinajstić information content (AvgIpc) is 2.70. The van der Waals surface area contributed by atoms with Crippen molar-refractivity contribution in [1.29, 1.82) is 0 Å². The summed E-state index contributed by atoms with van der Waals surface area (Å²) in [5, 5.41) is -0.314. The number of rotatable bonds is 6. The maximum Gasteiger partial charge on any atom is 0.321 e. The minimum absolute atomic E-state index is 0.314. The van der Waals surface area contributed by atoms with Crippen molar-refractivity contribution in [2.75, 3.05) is 12.4 Å².